The highest BCUT2D eigenvalue weighted by atomic mass is 32.3. The average Bonchev–Trinajstić information content (AvgIpc) is 2.72. The first-order chi connectivity index (χ1) is 14.4. The van der Waals surface area contributed by atoms with Crippen molar-refractivity contribution < 1.29 is 0 Å². The van der Waals surface area contributed by atoms with Crippen LogP contribution in [0.25, 0.3) is 22.4 Å². The van der Waals surface area contributed by atoms with Crippen LogP contribution in [0.15, 0.2) is 60.8 Å². The van der Waals surface area contributed by atoms with Gasteiger partial charge in [-0.1, -0.05) is 70.2 Å². The minimum absolute atomic E-state index is 0.159. The van der Waals surface area contributed by atoms with Gasteiger partial charge in [-0.05, 0) is 75.1 Å². The van der Waals surface area contributed by atoms with Crippen molar-refractivity contribution in [1.82, 2.24) is 4.98 Å². The van der Waals surface area contributed by atoms with Crippen LogP contribution in [0.5, 0.6) is 0 Å². The average molecular weight is 429 g/mol. The second-order valence-corrected chi connectivity index (χ2v) is 15.2. The number of nitrogens with zero attached hydrogens (tertiary/aromatic N) is 1. The molecular formula is C27H37B2NS. The zero-order valence-electron chi connectivity index (χ0n) is 20.8. The molecule has 0 unspecified atom stereocenters. The smallest absolute Gasteiger partial charge is 0.115 e. The van der Waals surface area contributed by atoms with E-state index in [0.717, 1.165) is 11.3 Å². The largest absolute Gasteiger partial charge is 0.256 e. The summed E-state index contributed by atoms with van der Waals surface area (Å²) in [5.41, 5.74) is 9.23. The highest BCUT2D eigenvalue weighted by Crippen LogP contribution is 2.53. The van der Waals surface area contributed by atoms with Gasteiger partial charge in [0.2, 0.25) is 0 Å². The lowest BCUT2D eigenvalue weighted by molar-refractivity contribution is 0.832. The Balaban J connectivity index is 2.28. The molecule has 3 rings (SSSR count). The first-order valence-corrected chi connectivity index (χ1v) is 14.2. The van der Waals surface area contributed by atoms with Gasteiger partial charge in [-0.15, -0.1) is 0 Å². The lowest BCUT2D eigenvalue weighted by Crippen LogP contribution is -2.33. The maximum atomic E-state index is 4.68. The van der Waals surface area contributed by atoms with Gasteiger partial charge in [-0.3, -0.25) is 15.0 Å². The lowest BCUT2D eigenvalue weighted by Gasteiger charge is -2.45. The zero-order chi connectivity index (χ0) is 23.0. The van der Waals surface area contributed by atoms with Crippen LogP contribution < -0.4 is 0 Å². The molecule has 0 N–H and O–H groups in total. The molecule has 0 spiro atoms. The maximum absolute atomic E-state index is 4.68. The van der Waals surface area contributed by atoms with Crippen LogP contribution in [-0.2, 0) is 4.55 Å². The molecule has 0 amide bonds. The minimum atomic E-state index is -0.771. The van der Waals surface area contributed by atoms with E-state index in [-0.39, 0.29) is 4.55 Å². The van der Waals surface area contributed by atoms with Crippen molar-refractivity contribution in [3.63, 3.8) is 0 Å². The third-order valence-electron chi connectivity index (χ3n) is 6.79. The lowest BCUT2D eigenvalue weighted by atomic mass is 9.64. The van der Waals surface area contributed by atoms with Crippen molar-refractivity contribution in [2.24, 2.45) is 0 Å². The molecule has 1 aromatic heterocycles. The molecule has 31 heavy (non-hydrogen) atoms. The molecule has 0 saturated carbocycles. The van der Waals surface area contributed by atoms with Gasteiger partial charge in [-0.25, -0.2) is 0 Å². The Morgan fingerprint density at radius 1 is 0.774 bits per heavy atom. The molecule has 1 nitrogen and oxygen atoms in total. The van der Waals surface area contributed by atoms with E-state index in [9.17, 15) is 0 Å². The molecule has 3 aromatic rings. The Morgan fingerprint density at radius 3 is 1.81 bits per heavy atom. The fourth-order valence-corrected chi connectivity index (χ4v) is 4.81. The van der Waals surface area contributed by atoms with Gasteiger partial charge in [-0.2, -0.15) is 0 Å². The second kappa shape index (κ2) is 8.90. The van der Waals surface area contributed by atoms with Crippen LogP contribution in [0.2, 0.25) is 0 Å². The summed E-state index contributed by atoms with van der Waals surface area (Å²) in [6.07, 6.45) is 9.25. The Morgan fingerprint density at radius 2 is 1.32 bits per heavy atom. The summed E-state index contributed by atoms with van der Waals surface area (Å²) in [5, 5.41) is 0. The molecule has 0 aliphatic carbocycles. The summed E-state index contributed by atoms with van der Waals surface area (Å²) >= 11 is 0. The molecule has 2 aromatic carbocycles. The Hall–Kier alpha value is -1.93. The maximum Gasteiger partial charge on any atom is 0.115 e. The molecule has 0 bridgehead atoms. The first kappa shape index (κ1) is 23.7. The van der Waals surface area contributed by atoms with Crippen LogP contribution in [0.1, 0.15) is 56.2 Å². The van der Waals surface area contributed by atoms with Crippen molar-refractivity contribution in [2.45, 2.75) is 44.1 Å². The van der Waals surface area contributed by atoms with Crippen LogP contribution in [-0.4, -0.2) is 39.4 Å². The van der Waals surface area contributed by atoms with Gasteiger partial charge < -0.3 is 0 Å². The molecule has 0 radical (unpaired) electrons. The van der Waals surface area contributed by atoms with Crippen molar-refractivity contribution >= 4 is 25.7 Å². The monoisotopic (exact) mass is 429 g/mol. The summed E-state index contributed by atoms with van der Waals surface area (Å²) in [5.74, 6) is 0.901. The number of aromatic nitrogens is 1. The van der Waals surface area contributed by atoms with E-state index >= 15 is 0 Å². The van der Waals surface area contributed by atoms with E-state index in [4.69, 9.17) is 0 Å². The number of hydrogen-bond acceptors (Lipinski definition) is 1. The Bertz CT molecular complexity index is 1020. The van der Waals surface area contributed by atoms with Crippen LogP contribution in [0.4, 0.5) is 0 Å². The van der Waals surface area contributed by atoms with E-state index in [0.29, 0.717) is 11.8 Å². The molecule has 1 heterocycles. The third kappa shape index (κ3) is 4.80. The van der Waals surface area contributed by atoms with Crippen molar-refractivity contribution in [3.05, 3.63) is 77.5 Å². The Kier molecular flexibility index (Phi) is 6.81. The van der Waals surface area contributed by atoms with Crippen molar-refractivity contribution in [2.75, 3.05) is 18.8 Å². The van der Waals surface area contributed by atoms with Crippen molar-refractivity contribution in [3.8, 4) is 22.4 Å². The van der Waals surface area contributed by atoms with E-state index < -0.39 is 10.0 Å². The molecule has 4 heteroatoms. The second-order valence-electron chi connectivity index (χ2n) is 10.5. The van der Waals surface area contributed by atoms with Gasteiger partial charge in [0.1, 0.15) is 15.7 Å². The number of pyridine rings is 1. The molecule has 0 saturated heterocycles. The summed E-state index contributed by atoms with van der Waals surface area (Å²) < 4.78 is 0.159. The highest BCUT2D eigenvalue weighted by Gasteiger charge is 2.32. The highest BCUT2D eigenvalue weighted by molar-refractivity contribution is 8.34. The SMILES string of the molecule is BC(B)(c1cc(C(C)C)c(-c2ccnc(-c3ccccc3)c2)c(C(C)C)c1)S(C)(C)C. The normalized spacial score (nSPS) is 13.1. The fourth-order valence-electron chi connectivity index (χ4n) is 3.99. The third-order valence-corrected chi connectivity index (χ3v) is 10.1. The minimum Gasteiger partial charge on any atom is -0.256 e. The topological polar surface area (TPSA) is 12.9 Å². The van der Waals surface area contributed by atoms with Crippen LogP contribution in [0.3, 0.4) is 0 Å². The zero-order valence-corrected chi connectivity index (χ0v) is 21.6. The molecule has 0 aliphatic rings. The molecule has 0 aliphatic heterocycles. The predicted octanol–water partition coefficient (Wildman–Crippen LogP) is 5.73. The van der Waals surface area contributed by atoms with E-state index in [2.05, 4.69) is 122 Å². The fraction of sp³-hybridized carbons (Fsp3) is 0.370. The van der Waals surface area contributed by atoms with Gasteiger partial charge in [0, 0.05) is 11.8 Å². The molecular weight excluding hydrogens is 392 g/mol. The van der Waals surface area contributed by atoms with Gasteiger partial charge in [0.05, 0.1) is 5.69 Å². The number of hydrogen-bond donors (Lipinski definition) is 0. The van der Waals surface area contributed by atoms with E-state index in [1.807, 2.05) is 6.20 Å². The van der Waals surface area contributed by atoms with Crippen LogP contribution in [0, 0.1) is 0 Å². The van der Waals surface area contributed by atoms with Crippen LogP contribution >= 0.6 is 10.0 Å². The van der Waals surface area contributed by atoms with E-state index in [1.54, 1.807) is 0 Å². The van der Waals surface area contributed by atoms with E-state index in [1.165, 1.54) is 27.8 Å². The standard InChI is InChI=1S/C27H37B2NS/c1-18(2)23-16-22(27(28,29)31(5,6)7)17-24(19(3)4)26(23)21-13-14-30-25(15-21)20-11-9-8-10-12-20/h8-19H,28-29H2,1-7H3. The van der Waals surface area contributed by atoms with Crippen molar-refractivity contribution in [1.29, 1.82) is 0 Å². The summed E-state index contributed by atoms with van der Waals surface area (Å²) in [7, 11) is 4.07. The van der Waals surface area contributed by atoms with Gasteiger partial charge in [0.25, 0.3) is 0 Å². The molecule has 162 valence electrons. The number of rotatable bonds is 6. The first-order valence-electron chi connectivity index (χ1n) is 11.3. The Labute approximate surface area is 193 Å². The summed E-state index contributed by atoms with van der Waals surface area (Å²) in [4.78, 5) is 4.68. The van der Waals surface area contributed by atoms with Gasteiger partial charge in [0.15, 0.2) is 0 Å². The molecule has 0 atom stereocenters. The summed E-state index contributed by atoms with van der Waals surface area (Å²) in [6, 6.07) is 19.9. The summed E-state index contributed by atoms with van der Waals surface area (Å²) in [6.45, 7) is 9.29. The number of benzene rings is 2. The predicted molar refractivity (Wildman–Crippen MR) is 147 cm³/mol. The van der Waals surface area contributed by atoms with Gasteiger partial charge >= 0.3 is 0 Å². The molecule has 0 fully saturated rings. The quantitative estimate of drug-likeness (QED) is 0.456.